The topological polar surface area (TPSA) is 46.1 Å². The Kier molecular flexibility index (Phi) is 9.32. The van der Waals surface area contributed by atoms with Crippen molar-refractivity contribution in [1.29, 1.82) is 0 Å². The molecule has 0 aliphatic carbocycles. The number of rotatable bonds is 9. The van der Waals surface area contributed by atoms with E-state index in [2.05, 4.69) is 36.3 Å². The molecule has 1 aliphatic rings. The van der Waals surface area contributed by atoms with E-state index in [1.807, 2.05) is 12.1 Å². The summed E-state index contributed by atoms with van der Waals surface area (Å²) in [5.74, 6) is 2.73. The van der Waals surface area contributed by atoms with Crippen molar-refractivity contribution >= 4 is 5.96 Å². The zero-order chi connectivity index (χ0) is 18.6. The van der Waals surface area contributed by atoms with E-state index < -0.39 is 0 Å². The summed E-state index contributed by atoms with van der Waals surface area (Å²) in [5.41, 5.74) is 1.33. The first-order chi connectivity index (χ1) is 12.7. The lowest BCUT2D eigenvalue weighted by atomic mass is 9.96. The van der Waals surface area contributed by atoms with Crippen LogP contribution in [0.5, 0.6) is 5.75 Å². The Bertz CT molecular complexity index is 525. The molecule has 1 aromatic rings. The maximum atomic E-state index is 5.45. The highest BCUT2D eigenvalue weighted by atomic mass is 16.5. The first-order valence-electron chi connectivity index (χ1n) is 9.93. The second-order valence-corrected chi connectivity index (χ2v) is 6.95. The summed E-state index contributed by atoms with van der Waals surface area (Å²) >= 11 is 0. The average molecular weight is 362 g/mol. The van der Waals surface area contributed by atoms with Gasteiger partial charge in [0, 0.05) is 39.9 Å². The minimum absolute atomic E-state index is 0.796. The highest BCUT2D eigenvalue weighted by Crippen LogP contribution is 2.18. The summed E-state index contributed by atoms with van der Waals surface area (Å²) in [5, 5.41) is 3.42. The second-order valence-electron chi connectivity index (χ2n) is 6.95. The van der Waals surface area contributed by atoms with E-state index in [4.69, 9.17) is 14.5 Å². The Labute approximate surface area is 158 Å². The van der Waals surface area contributed by atoms with E-state index in [-0.39, 0.29) is 0 Å². The van der Waals surface area contributed by atoms with Crippen molar-refractivity contribution < 1.29 is 9.47 Å². The number of hydrogen-bond acceptors (Lipinski definition) is 3. The molecule has 0 amide bonds. The van der Waals surface area contributed by atoms with Crippen molar-refractivity contribution in [2.45, 2.75) is 39.0 Å². The molecule has 26 heavy (non-hydrogen) atoms. The Balaban J connectivity index is 1.74. The molecule has 1 saturated heterocycles. The lowest BCUT2D eigenvalue weighted by Crippen LogP contribution is -2.40. The number of guanidine groups is 1. The summed E-state index contributed by atoms with van der Waals surface area (Å²) in [6.07, 6.45) is 5.70. The quantitative estimate of drug-likeness (QED) is 0.416. The zero-order valence-electron chi connectivity index (χ0n) is 16.7. The maximum Gasteiger partial charge on any atom is 0.193 e. The van der Waals surface area contributed by atoms with E-state index >= 15 is 0 Å². The first-order valence-corrected chi connectivity index (χ1v) is 9.93. The first kappa shape index (κ1) is 20.6. The number of aliphatic imine (C=N–C) groups is 1. The number of benzene rings is 1. The van der Waals surface area contributed by atoms with Gasteiger partial charge in [0.2, 0.25) is 0 Å². The van der Waals surface area contributed by atoms with Gasteiger partial charge in [-0.3, -0.25) is 4.99 Å². The van der Waals surface area contributed by atoms with Crippen LogP contribution in [0.15, 0.2) is 29.3 Å². The van der Waals surface area contributed by atoms with Crippen LogP contribution < -0.4 is 10.1 Å². The molecule has 1 aliphatic heterocycles. The van der Waals surface area contributed by atoms with Crippen LogP contribution in [0, 0.1) is 5.92 Å². The lowest BCUT2D eigenvalue weighted by molar-refractivity contribution is 0.0625. The van der Waals surface area contributed by atoms with Crippen molar-refractivity contribution in [2.24, 2.45) is 10.9 Å². The fourth-order valence-corrected chi connectivity index (χ4v) is 3.25. The smallest absolute Gasteiger partial charge is 0.193 e. The fraction of sp³-hybridized carbons (Fsp3) is 0.667. The molecule has 0 bridgehead atoms. The van der Waals surface area contributed by atoms with Crippen LogP contribution in [-0.2, 0) is 11.2 Å². The van der Waals surface area contributed by atoms with Gasteiger partial charge in [0.1, 0.15) is 5.75 Å². The summed E-state index contributed by atoms with van der Waals surface area (Å²) in [4.78, 5) is 7.08. The Morgan fingerprint density at radius 3 is 2.65 bits per heavy atom. The van der Waals surface area contributed by atoms with Gasteiger partial charge < -0.3 is 19.7 Å². The third-order valence-electron chi connectivity index (χ3n) is 4.95. The van der Waals surface area contributed by atoms with Gasteiger partial charge in [0.25, 0.3) is 0 Å². The largest absolute Gasteiger partial charge is 0.497 e. The number of methoxy groups -OCH3 is 1. The van der Waals surface area contributed by atoms with Gasteiger partial charge in [-0.2, -0.15) is 0 Å². The van der Waals surface area contributed by atoms with Crippen molar-refractivity contribution in [3.63, 3.8) is 0 Å². The van der Waals surface area contributed by atoms with E-state index in [0.717, 1.165) is 63.3 Å². The van der Waals surface area contributed by atoms with Gasteiger partial charge in [-0.05, 0) is 62.6 Å². The summed E-state index contributed by atoms with van der Waals surface area (Å²) in [7, 11) is 3.84. The fourth-order valence-electron chi connectivity index (χ4n) is 3.25. The van der Waals surface area contributed by atoms with Gasteiger partial charge in [0.05, 0.1) is 7.11 Å². The molecule has 2 rings (SSSR count). The number of nitrogens with zero attached hydrogens (tertiary/aromatic N) is 2. The molecule has 0 aromatic heterocycles. The Morgan fingerprint density at radius 1 is 1.27 bits per heavy atom. The van der Waals surface area contributed by atoms with Crippen molar-refractivity contribution in [3.05, 3.63) is 29.8 Å². The third-order valence-corrected chi connectivity index (χ3v) is 4.95. The average Bonchev–Trinajstić information content (AvgIpc) is 2.69. The van der Waals surface area contributed by atoms with E-state index in [1.54, 1.807) is 7.11 Å². The molecular formula is C21H35N3O2. The molecule has 0 atom stereocenters. The van der Waals surface area contributed by atoms with Gasteiger partial charge in [0.15, 0.2) is 5.96 Å². The van der Waals surface area contributed by atoms with Crippen molar-refractivity contribution in [3.8, 4) is 5.75 Å². The highest BCUT2D eigenvalue weighted by molar-refractivity contribution is 5.79. The summed E-state index contributed by atoms with van der Waals surface area (Å²) in [6, 6.07) is 8.31. The molecule has 1 aromatic carbocycles. The maximum absolute atomic E-state index is 5.45. The van der Waals surface area contributed by atoms with E-state index in [9.17, 15) is 0 Å². The van der Waals surface area contributed by atoms with E-state index in [0.29, 0.717) is 0 Å². The number of hydrogen-bond donors (Lipinski definition) is 1. The van der Waals surface area contributed by atoms with Crippen LogP contribution in [0.1, 0.15) is 38.2 Å². The number of nitrogens with one attached hydrogen (secondary N) is 1. The molecule has 0 radical (unpaired) electrons. The van der Waals surface area contributed by atoms with Gasteiger partial charge in [-0.1, -0.05) is 12.1 Å². The minimum Gasteiger partial charge on any atom is -0.497 e. The molecule has 0 unspecified atom stereocenters. The number of ether oxygens (including phenoxy) is 2. The summed E-state index contributed by atoms with van der Waals surface area (Å²) in [6.45, 7) is 6.77. The molecule has 0 saturated carbocycles. The SMILES string of the molecule is CCNC(=NCCCc1ccc(OC)cc1)N(C)CCC1CCOCC1. The molecule has 1 fully saturated rings. The molecule has 146 valence electrons. The van der Waals surface area contributed by atoms with E-state index in [1.165, 1.54) is 24.8 Å². The Morgan fingerprint density at radius 2 is 2.00 bits per heavy atom. The predicted molar refractivity (Wildman–Crippen MR) is 108 cm³/mol. The molecule has 1 heterocycles. The second kappa shape index (κ2) is 11.8. The zero-order valence-corrected chi connectivity index (χ0v) is 16.7. The van der Waals surface area contributed by atoms with Crippen LogP contribution in [-0.4, -0.2) is 57.9 Å². The van der Waals surface area contributed by atoms with Crippen LogP contribution in [0.25, 0.3) is 0 Å². The van der Waals surface area contributed by atoms with Crippen molar-refractivity contribution in [1.82, 2.24) is 10.2 Å². The van der Waals surface area contributed by atoms with Crippen molar-refractivity contribution in [2.75, 3.05) is 47.0 Å². The Hall–Kier alpha value is -1.75. The molecule has 0 spiro atoms. The highest BCUT2D eigenvalue weighted by Gasteiger charge is 2.15. The molecular weight excluding hydrogens is 326 g/mol. The standard InChI is InChI=1S/C21H35N3O2/c1-4-22-21(24(2)15-11-19-12-16-26-17-13-19)23-14-5-6-18-7-9-20(25-3)10-8-18/h7-10,19H,4-6,11-17H2,1-3H3,(H,22,23). The summed E-state index contributed by atoms with van der Waals surface area (Å²) < 4.78 is 10.7. The molecule has 1 N–H and O–H groups in total. The van der Waals surface area contributed by atoms with Crippen LogP contribution in [0.3, 0.4) is 0 Å². The number of aryl methyl sites for hydroxylation is 1. The molecule has 5 nitrogen and oxygen atoms in total. The normalized spacial score (nSPS) is 15.7. The van der Waals surface area contributed by atoms with Gasteiger partial charge in [-0.25, -0.2) is 0 Å². The van der Waals surface area contributed by atoms with Crippen LogP contribution >= 0.6 is 0 Å². The minimum atomic E-state index is 0.796. The van der Waals surface area contributed by atoms with Gasteiger partial charge >= 0.3 is 0 Å². The van der Waals surface area contributed by atoms with Gasteiger partial charge in [-0.15, -0.1) is 0 Å². The van der Waals surface area contributed by atoms with Crippen LogP contribution in [0.2, 0.25) is 0 Å². The monoisotopic (exact) mass is 361 g/mol. The lowest BCUT2D eigenvalue weighted by Gasteiger charge is -2.26. The van der Waals surface area contributed by atoms with Crippen LogP contribution in [0.4, 0.5) is 0 Å². The third kappa shape index (κ3) is 7.24. The predicted octanol–water partition coefficient (Wildman–Crippen LogP) is 3.34. The molecule has 5 heteroatoms.